The highest BCUT2D eigenvalue weighted by Crippen LogP contribution is 2.32. The number of ether oxygens (including phenoxy) is 3. The highest BCUT2D eigenvalue weighted by atomic mass is 16.6. The van der Waals surface area contributed by atoms with Gasteiger partial charge in [0, 0.05) is 39.2 Å². The molecule has 2 aromatic carbocycles. The number of nitro benzene ring substituents is 1. The number of rotatable bonds is 11. The van der Waals surface area contributed by atoms with E-state index in [4.69, 9.17) is 14.2 Å². The number of amides is 2. The van der Waals surface area contributed by atoms with Crippen LogP contribution in [0.25, 0.3) is 6.08 Å². The van der Waals surface area contributed by atoms with Gasteiger partial charge in [0.25, 0.3) is 5.69 Å². The lowest BCUT2D eigenvalue weighted by Crippen LogP contribution is -2.40. The third-order valence-electron chi connectivity index (χ3n) is 5.25. The summed E-state index contributed by atoms with van der Waals surface area (Å²) in [5.74, 6) is 0.785. The Bertz CT molecular complexity index is 1150. The lowest BCUT2D eigenvalue weighted by molar-refractivity contribution is -0.384. The first-order chi connectivity index (χ1) is 17.9. The number of hydrogen-bond acceptors (Lipinski definition) is 7. The van der Waals surface area contributed by atoms with E-state index >= 15 is 0 Å². The predicted molar refractivity (Wildman–Crippen MR) is 145 cm³/mol. The Labute approximate surface area is 223 Å². The topological polar surface area (TPSA) is 111 Å². The summed E-state index contributed by atoms with van der Waals surface area (Å²) in [5.41, 5.74) is 0.640. The Morgan fingerprint density at radius 1 is 1.05 bits per heavy atom. The largest absolute Gasteiger partial charge is 0.493 e. The van der Waals surface area contributed by atoms with E-state index in [0.29, 0.717) is 23.5 Å². The monoisotopic (exact) mass is 525 g/mol. The van der Waals surface area contributed by atoms with Crippen molar-refractivity contribution in [3.8, 4) is 11.5 Å². The molecule has 0 saturated heterocycles. The number of nitro groups is 1. The Morgan fingerprint density at radius 3 is 2.21 bits per heavy atom. The van der Waals surface area contributed by atoms with Crippen LogP contribution in [-0.4, -0.2) is 59.8 Å². The number of carbonyl (C=O) groups is 2. The van der Waals surface area contributed by atoms with Gasteiger partial charge in [0.05, 0.1) is 17.6 Å². The van der Waals surface area contributed by atoms with Crippen molar-refractivity contribution in [2.75, 3.05) is 27.2 Å². The zero-order valence-corrected chi connectivity index (χ0v) is 22.5. The molecule has 2 amide bonds. The zero-order chi connectivity index (χ0) is 28.5. The summed E-state index contributed by atoms with van der Waals surface area (Å²) >= 11 is 0. The van der Waals surface area contributed by atoms with Crippen LogP contribution in [-0.2, 0) is 4.74 Å². The van der Waals surface area contributed by atoms with E-state index in [9.17, 15) is 19.7 Å². The minimum absolute atomic E-state index is 0.0389. The van der Waals surface area contributed by atoms with Gasteiger partial charge in [-0.1, -0.05) is 24.8 Å². The Morgan fingerprint density at radius 2 is 1.68 bits per heavy atom. The van der Waals surface area contributed by atoms with Gasteiger partial charge in [-0.25, -0.2) is 9.59 Å². The first kappa shape index (κ1) is 29.9. The molecular weight excluding hydrogens is 490 g/mol. The first-order valence-electron chi connectivity index (χ1n) is 12.0. The standard InChI is InChI=1S/C28H35N3O7/c1-8-17-30(27(33)38-28(3,4)5)25(16-18-36-22-12-10-21(11-13-22)31(34)35)24-15-14-23(19-20(24)9-2)37-26(32)29(6)7/h8-15,19,25H,1-2,16-18H2,3-7H3/t25-/m1/s1. The van der Waals surface area contributed by atoms with Crippen molar-refractivity contribution in [2.45, 2.75) is 38.8 Å². The molecule has 0 fully saturated rings. The van der Waals surface area contributed by atoms with E-state index in [-0.39, 0.29) is 18.8 Å². The normalized spacial score (nSPS) is 11.6. The van der Waals surface area contributed by atoms with Gasteiger partial charge in [-0.05, 0) is 56.2 Å². The number of hydrogen-bond donors (Lipinski definition) is 0. The second-order valence-corrected chi connectivity index (χ2v) is 9.58. The molecule has 0 aliphatic carbocycles. The molecular formula is C28H35N3O7. The minimum Gasteiger partial charge on any atom is -0.493 e. The molecule has 0 heterocycles. The van der Waals surface area contributed by atoms with Crippen LogP contribution in [0.1, 0.15) is 44.4 Å². The molecule has 2 aromatic rings. The van der Waals surface area contributed by atoms with Crippen LogP contribution in [0.15, 0.2) is 61.7 Å². The molecule has 0 aliphatic rings. The second kappa shape index (κ2) is 13.3. The maximum Gasteiger partial charge on any atom is 0.414 e. The number of carbonyl (C=O) groups excluding carboxylic acids is 2. The van der Waals surface area contributed by atoms with Crippen LogP contribution in [0.3, 0.4) is 0 Å². The maximum atomic E-state index is 13.2. The van der Waals surface area contributed by atoms with Crippen molar-refractivity contribution in [3.63, 3.8) is 0 Å². The molecule has 0 unspecified atom stereocenters. The molecule has 0 N–H and O–H groups in total. The van der Waals surface area contributed by atoms with Gasteiger partial charge in [0.1, 0.15) is 17.1 Å². The van der Waals surface area contributed by atoms with Crippen LogP contribution in [0, 0.1) is 10.1 Å². The smallest absolute Gasteiger partial charge is 0.414 e. The van der Waals surface area contributed by atoms with E-state index < -0.39 is 28.8 Å². The molecule has 2 rings (SSSR count). The quantitative estimate of drug-likeness (QED) is 0.194. The zero-order valence-electron chi connectivity index (χ0n) is 22.5. The molecule has 0 radical (unpaired) electrons. The summed E-state index contributed by atoms with van der Waals surface area (Å²) in [7, 11) is 3.17. The summed E-state index contributed by atoms with van der Waals surface area (Å²) in [4.78, 5) is 38.6. The summed E-state index contributed by atoms with van der Waals surface area (Å²) in [6.45, 7) is 13.4. The molecule has 0 spiro atoms. The van der Waals surface area contributed by atoms with E-state index in [0.717, 1.165) is 5.56 Å². The van der Waals surface area contributed by atoms with Crippen molar-refractivity contribution >= 4 is 23.9 Å². The highest BCUT2D eigenvalue weighted by molar-refractivity contribution is 5.71. The first-order valence-corrected chi connectivity index (χ1v) is 12.0. The van der Waals surface area contributed by atoms with Crippen LogP contribution < -0.4 is 9.47 Å². The lowest BCUT2D eigenvalue weighted by Gasteiger charge is -2.34. The van der Waals surface area contributed by atoms with Crippen molar-refractivity contribution in [3.05, 3.63) is 82.9 Å². The van der Waals surface area contributed by atoms with Gasteiger partial charge in [0.15, 0.2) is 0 Å². The molecule has 0 aromatic heterocycles. The third kappa shape index (κ3) is 8.65. The fourth-order valence-electron chi connectivity index (χ4n) is 3.51. The maximum absolute atomic E-state index is 13.2. The molecule has 204 valence electrons. The summed E-state index contributed by atoms with van der Waals surface area (Å²) in [6.07, 6.45) is 2.52. The molecule has 0 saturated carbocycles. The van der Waals surface area contributed by atoms with Gasteiger partial charge in [-0.3, -0.25) is 15.0 Å². The molecule has 0 aliphatic heterocycles. The third-order valence-corrected chi connectivity index (χ3v) is 5.25. The lowest BCUT2D eigenvalue weighted by atomic mass is 9.96. The van der Waals surface area contributed by atoms with E-state index in [2.05, 4.69) is 13.2 Å². The molecule has 38 heavy (non-hydrogen) atoms. The fourth-order valence-corrected chi connectivity index (χ4v) is 3.51. The molecule has 10 heteroatoms. The van der Waals surface area contributed by atoms with Gasteiger partial charge in [0.2, 0.25) is 0 Å². The SMILES string of the molecule is C=CCN(C(=O)OC(C)(C)C)[C@H](CCOc1ccc([N+](=O)[O-])cc1)c1ccc(OC(=O)N(C)C)cc1C=C. The summed E-state index contributed by atoms with van der Waals surface area (Å²) in [6, 6.07) is 10.3. The molecule has 1 atom stereocenters. The van der Waals surface area contributed by atoms with Crippen molar-refractivity contribution in [1.29, 1.82) is 0 Å². The van der Waals surface area contributed by atoms with Gasteiger partial charge >= 0.3 is 12.2 Å². The Balaban J connectivity index is 2.40. The predicted octanol–water partition coefficient (Wildman–Crippen LogP) is 6.23. The van der Waals surface area contributed by atoms with Crippen LogP contribution in [0.4, 0.5) is 15.3 Å². The summed E-state index contributed by atoms with van der Waals surface area (Å²) in [5, 5.41) is 10.9. The average molecular weight is 526 g/mol. The van der Waals surface area contributed by atoms with Gasteiger partial charge in [-0.2, -0.15) is 0 Å². The van der Waals surface area contributed by atoms with Crippen molar-refractivity contribution in [1.82, 2.24) is 9.80 Å². The second-order valence-electron chi connectivity index (χ2n) is 9.58. The summed E-state index contributed by atoms with van der Waals surface area (Å²) < 4.78 is 16.9. The van der Waals surface area contributed by atoms with Gasteiger partial charge in [-0.15, -0.1) is 6.58 Å². The molecule has 0 bridgehead atoms. The van der Waals surface area contributed by atoms with Crippen molar-refractivity contribution in [2.24, 2.45) is 0 Å². The highest BCUT2D eigenvalue weighted by Gasteiger charge is 2.30. The van der Waals surface area contributed by atoms with Crippen LogP contribution in [0.5, 0.6) is 11.5 Å². The van der Waals surface area contributed by atoms with E-state index in [1.54, 1.807) is 70.1 Å². The minimum atomic E-state index is -0.720. The van der Waals surface area contributed by atoms with E-state index in [1.807, 2.05) is 0 Å². The average Bonchev–Trinajstić information content (AvgIpc) is 2.84. The Hall–Kier alpha value is -4.34. The van der Waals surface area contributed by atoms with Gasteiger partial charge < -0.3 is 19.1 Å². The fraction of sp³-hybridized carbons (Fsp3) is 0.357. The van der Waals surface area contributed by atoms with E-state index in [1.165, 1.54) is 29.2 Å². The number of non-ortho nitro benzene ring substituents is 1. The van der Waals surface area contributed by atoms with Crippen LogP contribution in [0.2, 0.25) is 0 Å². The molecule has 10 nitrogen and oxygen atoms in total. The Kier molecular flexibility index (Phi) is 10.4. The number of benzene rings is 2. The van der Waals surface area contributed by atoms with Crippen LogP contribution >= 0.6 is 0 Å². The van der Waals surface area contributed by atoms with Crippen molar-refractivity contribution < 1.29 is 28.7 Å². The number of nitrogens with zero attached hydrogens (tertiary/aromatic N) is 3.